The Morgan fingerprint density at radius 1 is 0.854 bits per heavy atom. The first-order valence-electron chi connectivity index (χ1n) is 14.1. The number of halogens is 3. The van der Waals surface area contributed by atoms with E-state index < -0.39 is 11.9 Å². The second kappa shape index (κ2) is 10.5. The van der Waals surface area contributed by atoms with Gasteiger partial charge in [0.1, 0.15) is 0 Å². The van der Waals surface area contributed by atoms with Crippen molar-refractivity contribution in [1.82, 2.24) is 9.88 Å². The molecular formula is C33H35F3N4S. The van der Waals surface area contributed by atoms with Crippen molar-refractivity contribution in [2.45, 2.75) is 45.2 Å². The van der Waals surface area contributed by atoms with Gasteiger partial charge in [-0.05, 0) is 60.7 Å². The molecule has 0 amide bonds. The Bertz CT molecular complexity index is 1520. The number of para-hydroxylation sites is 3. The van der Waals surface area contributed by atoms with Crippen LogP contribution in [0.25, 0.3) is 10.4 Å². The van der Waals surface area contributed by atoms with E-state index in [0.717, 1.165) is 61.7 Å². The van der Waals surface area contributed by atoms with E-state index in [0.29, 0.717) is 5.56 Å². The lowest BCUT2D eigenvalue weighted by atomic mass is 9.74. The van der Waals surface area contributed by atoms with E-state index in [1.165, 1.54) is 11.3 Å². The zero-order valence-electron chi connectivity index (χ0n) is 23.6. The van der Waals surface area contributed by atoms with Gasteiger partial charge in [0.15, 0.2) is 10.8 Å². The molecule has 1 spiro atoms. The number of anilines is 4. The van der Waals surface area contributed by atoms with Gasteiger partial charge < -0.3 is 15.1 Å². The highest BCUT2D eigenvalue weighted by molar-refractivity contribution is 7.19. The van der Waals surface area contributed by atoms with Gasteiger partial charge in [-0.15, -0.1) is 0 Å². The molecule has 41 heavy (non-hydrogen) atoms. The second-order valence-corrected chi connectivity index (χ2v) is 13.4. The number of benzene rings is 3. The Morgan fingerprint density at radius 3 is 2.17 bits per heavy atom. The van der Waals surface area contributed by atoms with Crippen molar-refractivity contribution in [2.24, 2.45) is 5.41 Å². The summed E-state index contributed by atoms with van der Waals surface area (Å²) in [6.07, 6.45) is -2.40. The minimum absolute atomic E-state index is 0.0448. The van der Waals surface area contributed by atoms with Gasteiger partial charge in [0.2, 0.25) is 0 Å². The minimum atomic E-state index is -4.55. The molecule has 0 atom stereocenters. The molecule has 1 N–H and O–H groups in total. The van der Waals surface area contributed by atoms with E-state index in [4.69, 9.17) is 0 Å². The highest BCUT2D eigenvalue weighted by atomic mass is 32.1. The van der Waals surface area contributed by atoms with Gasteiger partial charge in [-0.1, -0.05) is 92.8 Å². The molecule has 3 heterocycles. The Kier molecular flexibility index (Phi) is 7.10. The molecule has 0 saturated carbocycles. The molecule has 4 aromatic rings. The van der Waals surface area contributed by atoms with Gasteiger partial charge in [0.05, 0.1) is 16.3 Å². The minimum Gasteiger partial charge on any atom is -0.339 e. The topological polar surface area (TPSA) is 31.4 Å². The van der Waals surface area contributed by atoms with Crippen LogP contribution in [0, 0.1) is 5.41 Å². The lowest BCUT2D eigenvalue weighted by Gasteiger charge is -2.42. The van der Waals surface area contributed by atoms with Gasteiger partial charge in [-0.25, -0.2) is 4.98 Å². The van der Waals surface area contributed by atoms with Crippen molar-refractivity contribution >= 4 is 33.5 Å². The average Bonchev–Trinajstić information content (AvgIpc) is 3.51. The summed E-state index contributed by atoms with van der Waals surface area (Å²) >= 11 is 1.03. The summed E-state index contributed by atoms with van der Waals surface area (Å²) in [4.78, 5) is 9.08. The zero-order chi connectivity index (χ0) is 28.8. The van der Waals surface area contributed by atoms with Gasteiger partial charge in [0, 0.05) is 24.2 Å². The van der Waals surface area contributed by atoms with Crippen LogP contribution in [0.5, 0.6) is 0 Å². The number of nitrogens with one attached hydrogen (secondary N) is 1. The van der Waals surface area contributed by atoms with E-state index in [2.05, 4.69) is 65.1 Å². The van der Waals surface area contributed by atoms with Crippen LogP contribution >= 0.6 is 11.3 Å². The van der Waals surface area contributed by atoms with Gasteiger partial charge in [0.25, 0.3) is 0 Å². The summed E-state index contributed by atoms with van der Waals surface area (Å²) in [6.45, 7) is 10.9. The number of hydrogen-bond donors (Lipinski definition) is 1. The Balaban J connectivity index is 1.32. The molecule has 2 aliphatic rings. The molecule has 6 rings (SSSR count). The zero-order valence-corrected chi connectivity index (χ0v) is 24.4. The van der Waals surface area contributed by atoms with Crippen molar-refractivity contribution < 1.29 is 13.2 Å². The van der Waals surface area contributed by atoms with Crippen molar-refractivity contribution in [2.75, 3.05) is 36.4 Å². The summed E-state index contributed by atoms with van der Waals surface area (Å²) in [6, 6.07) is 25.1. The largest absolute Gasteiger partial charge is 0.434 e. The quantitative estimate of drug-likeness (QED) is 0.257. The Labute approximate surface area is 243 Å². The van der Waals surface area contributed by atoms with Crippen LogP contribution in [0.15, 0.2) is 78.9 Å². The lowest BCUT2D eigenvalue weighted by molar-refractivity contribution is -0.140. The summed E-state index contributed by atoms with van der Waals surface area (Å²) in [5, 5.41) is 3.49. The van der Waals surface area contributed by atoms with Crippen LogP contribution in [-0.4, -0.2) is 36.1 Å². The predicted molar refractivity (Wildman–Crippen MR) is 163 cm³/mol. The maximum atomic E-state index is 14.0. The molecule has 2 aliphatic heterocycles. The van der Waals surface area contributed by atoms with Crippen LogP contribution in [0.2, 0.25) is 0 Å². The van der Waals surface area contributed by atoms with E-state index in [9.17, 15) is 13.2 Å². The number of piperidine rings is 1. The van der Waals surface area contributed by atoms with Gasteiger partial charge in [-0.2, -0.15) is 13.2 Å². The SMILES string of the molecule is CC(C)(C)CN1CCC2(CC1)CN(c1ccccc1Nc1nc(C(F)(F)F)c(-c3ccccc3)s1)c1ccccc12. The molecule has 1 fully saturated rings. The molecule has 214 valence electrons. The number of nitrogens with zero attached hydrogens (tertiary/aromatic N) is 3. The molecular weight excluding hydrogens is 541 g/mol. The van der Waals surface area contributed by atoms with Gasteiger partial charge >= 0.3 is 6.18 Å². The number of hydrogen-bond acceptors (Lipinski definition) is 5. The maximum absolute atomic E-state index is 14.0. The number of fused-ring (bicyclic) bond motifs is 2. The summed E-state index contributed by atoms with van der Waals surface area (Å²) < 4.78 is 42.0. The summed E-state index contributed by atoms with van der Waals surface area (Å²) in [5.74, 6) is 0. The van der Waals surface area contributed by atoms with E-state index in [1.54, 1.807) is 30.3 Å². The number of rotatable bonds is 5. The lowest BCUT2D eigenvalue weighted by Crippen LogP contribution is -2.46. The highest BCUT2D eigenvalue weighted by Gasteiger charge is 2.45. The molecule has 0 aliphatic carbocycles. The maximum Gasteiger partial charge on any atom is 0.434 e. The Hall–Kier alpha value is -3.36. The molecule has 4 nitrogen and oxygen atoms in total. The first-order valence-corrected chi connectivity index (χ1v) is 14.9. The van der Waals surface area contributed by atoms with Crippen molar-refractivity contribution in [3.8, 4) is 10.4 Å². The van der Waals surface area contributed by atoms with E-state index in [1.807, 2.05) is 24.3 Å². The smallest absolute Gasteiger partial charge is 0.339 e. The molecule has 0 unspecified atom stereocenters. The first-order chi connectivity index (χ1) is 19.5. The molecule has 0 radical (unpaired) electrons. The standard InChI is InChI=1S/C33H35F3N4S/c1-31(2,3)21-39-19-17-32(18-20-39)22-40(26-15-9-7-13-24(26)32)27-16-10-8-14-25(27)37-30-38-29(33(34,35)36)28(41-30)23-11-5-4-6-12-23/h4-16H,17-22H2,1-3H3,(H,37,38). The van der Waals surface area contributed by atoms with E-state index in [-0.39, 0.29) is 20.8 Å². The fraction of sp³-hybridized carbons (Fsp3) is 0.364. The third-order valence-electron chi connectivity index (χ3n) is 8.11. The van der Waals surface area contributed by atoms with E-state index >= 15 is 0 Å². The highest BCUT2D eigenvalue weighted by Crippen LogP contribution is 2.51. The molecule has 1 aromatic heterocycles. The van der Waals surface area contributed by atoms with Gasteiger partial charge in [-0.3, -0.25) is 0 Å². The first kappa shape index (κ1) is 27.8. The van der Waals surface area contributed by atoms with Crippen LogP contribution in [-0.2, 0) is 11.6 Å². The van der Waals surface area contributed by atoms with Crippen molar-refractivity contribution in [1.29, 1.82) is 0 Å². The number of alkyl halides is 3. The molecule has 0 bridgehead atoms. The monoisotopic (exact) mass is 576 g/mol. The number of likely N-dealkylation sites (tertiary alicyclic amines) is 1. The average molecular weight is 577 g/mol. The fourth-order valence-corrected chi connectivity index (χ4v) is 7.37. The second-order valence-electron chi connectivity index (χ2n) is 12.4. The number of aromatic nitrogens is 1. The Morgan fingerprint density at radius 2 is 1.49 bits per heavy atom. The van der Waals surface area contributed by atoms with Crippen LogP contribution in [0.4, 0.5) is 35.4 Å². The normalized spacial score (nSPS) is 17.2. The van der Waals surface area contributed by atoms with Crippen molar-refractivity contribution in [3.63, 3.8) is 0 Å². The van der Waals surface area contributed by atoms with Crippen LogP contribution in [0.1, 0.15) is 44.9 Å². The van der Waals surface area contributed by atoms with Crippen molar-refractivity contribution in [3.05, 3.63) is 90.1 Å². The third-order valence-corrected chi connectivity index (χ3v) is 9.13. The van der Waals surface area contributed by atoms with Crippen LogP contribution < -0.4 is 10.2 Å². The van der Waals surface area contributed by atoms with Crippen LogP contribution in [0.3, 0.4) is 0 Å². The third kappa shape index (κ3) is 5.60. The fourth-order valence-electron chi connectivity index (χ4n) is 6.36. The molecule has 8 heteroatoms. The number of thiazole rings is 1. The molecule has 3 aromatic carbocycles. The predicted octanol–water partition coefficient (Wildman–Crippen LogP) is 9.10. The summed E-state index contributed by atoms with van der Waals surface area (Å²) in [7, 11) is 0. The summed E-state index contributed by atoms with van der Waals surface area (Å²) in [5.41, 5.74) is 4.18. The molecule has 1 saturated heterocycles.